The lowest BCUT2D eigenvalue weighted by atomic mass is 9.75. The topological polar surface area (TPSA) is 28.2 Å². The van der Waals surface area contributed by atoms with Gasteiger partial charge in [0.1, 0.15) is 0 Å². The van der Waals surface area contributed by atoms with Gasteiger partial charge in [-0.2, -0.15) is 0 Å². The minimum absolute atomic E-state index is 0.372. The largest absolute Gasteiger partial charge is 0.348 e. The minimum Gasteiger partial charge on any atom is -0.348 e. The van der Waals surface area contributed by atoms with Gasteiger partial charge < -0.3 is 10.2 Å². The quantitative estimate of drug-likeness (QED) is 0.914. The average molecular weight is 293 g/mol. The van der Waals surface area contributed by atoms with Gasteiger partial charge in [-0.05, 0) is 38.1 Å². The highest BCUT2D eigenvalue weighted by molar-refractivity contribution is 7.13. The van der Waals surface area contributed by atoms with Crippen LogP contribution in [-0.2, 0) is 0 Å². The number of nitrogens with zero attached hydrogens (tertiary/aromatic N) is 2. The van der Waals surface area contributed by atoms with Crippen LogP contribution < -0.4 is 10.2 Å². The Morgan fingerprint density at radius 2 is 2.15 bits per heavy atom. The summed E-state index contributed by atoms with van der Waals surface area (Å²) in [7, 11) is 0. The third-order valence-electron chi connectivity index (χ3n) is 5.03. The molecule has 0 radical (unpaired) electrons. The van der Waals surface area contributed by atoms with Crippen LogP contribution in [0.1, 0.15) is 57.7 Å². The Labute approximate surface area is 126 Å². The number of aromatic nitrogens is 1. The molecule has 2 fully saturated rings. The van der Waals surface area contributed by atoms with Crippen molar-refractivity contribution in [2.24, 2.45) is 11.8 Å². The first kappa shape index (κ1) is 14.3. The third-order valence-corrected chi connectivity index (χ3v) is 5.95. The van der Waals surface area contributed by atoms with Crippen molar-refractivity contribution < 1.29 is 0 Å². The van der Waals surface area contributed by atoms with Gasteiger partial charge >= 0.3 is 0 Å². The first-order valence-corrected chi connectivity index (χ1v) is 9.09. The molecule has 1 aromatic heterocycles. The maximum atomic E-state index is 4.87. The monoisotopic (exact) mass is 293 g/mol. The highest BCUT2D eigenvalue weighted by Gasteiger charge is 2.32. The smallest absolute Gasteiger partial charge is 0.185 e. The molecule has 2 heterocycles. The summed E-state index contributed by atoms with van der Waals surface area (Å²) in [4.78, 5) is 7.41. The summed E-state index contributed by atoms with van der Waals surface area (Å²) in [6, 6.07) is 0.372. The molecule has 1 N–H and O–H groups in total. The van der Waals surface area contributed by atoms with E-state index < -0.39 is 0 Å². The molecule has 1 saturated heterocycles. The van der Waals surface area contributed by atoms with Crippen LogP contribution in [0.5, 0.6) is 0 Å². The molecule has 3 rings (SSSR count). The fraction of sp³-hybridized carbons (Fsp3) is 0.812. The molecule has 3 unspecified atom stereocenters. The number of rotatable bonds is 4. The lowest BCUT2D eigenvalue weighted by Crippen LogP contribution is -2.41. The highest BCUT2D eigenvalue weighted by atomic mass is 32.1. The van der Waals surface area contributed by atoms with Crippen molar-refractivity contribution in [2.75, 3.05) is 24.5 Å². The van der Waals surface area contributed by atoms with Crippen molar-refractivity contribution in [3.63, 3.8) is 0 Å². The van der Waals surface area contributed by atoms with Gasteiger partial charge in [0.15, 0.2) is 5.13 Å². The number of hydrogen-bond donors (Lipinski definition) is 1. The SMILES string of the molecule is CCNC(C)c1csc(N2CCC3CCCCC3C2)n1. The average Bonchev–Trinajstić information content (AvgIpc) is 2.97. The second-order valence-corrected chi connectivity index (χ2v) is 7.21. The summed E-state index contributed by atoms with van der Waals surface area (Å²) in [5, 5.41) is 6.92. The molecule has 0 aromatic carbocycles. The molecule has 2 aliphatic rings. The van der Waals surface area contributed by atoms with Gasteiger partial charge in [0.25, 0.3) is 0 Å². The standard InChI is InChI=1S/C16H27N3S/c1-3-17-12(2)15-11-20-16(18-15)19-9-8-13-6-4-5-7-14(13)10-19/h11-14,17H,3-10H2,1-2H3. The van der Waals surface area contributed by atoms with Gasteiger partial charge in [-0.25, -0.2) is 4.98 Å². The summed E-state index contributed by atoms with van der Waals surface area (Å²) >= 11 is 1.82. The summed E-state index contributed by atoms with van der Waals surface area (Å²) in [6.07, 6.45) is 7.19. The van der Waals surface area contributed by atoms with E-state index in [1.54, 1.807) is 0 Å². The highest BCUT2D eigenvalue weighted by Crippen LogP contribution is 2.38. The van der Waals surface area contributed by atoms with Crippen LogP contribution in [0.15, 0.2) is 5.38 Å². The van der Waals surface area contributed by atoms with Gasteiger partial charge in [0, 0.05) is 24.5 Å². The van der Waals surface area contributed by atoms with Crippen molar-refractivity contribution in [1.82, 2.24) is 10.3 Å². The number of anilines is 1. The van der Waals surface area contributed by atoms with E-state index >= 15 is 0 Å². The van der Waals surface area contributed by atoms with E-state index in [0.717, 1.165) is 18.4 Å². The molecule has 1 aliphatic carbocycles. The van der Waals surface area contributed by atoms with Gasteiger partial charge in [-0.3, -0.25) is 0 Å². The molecule has 0 bridgehead atoms. The molecule has 20 heavy (non-hydrogen) atoms. The number of nitrogens with one attached hydrogen (secondary N) is 1. The fourth-order valence-electron chi connectivity index (χ4n) is 3.81. The van der Waals surface area contributed by atoms with E-state index in [4.69, 9.17) is 4.98 Å². The number of fused-ring (bicyclic) bond motifs is 1. The predicted octanol–water partition coefficient (Wildman–Crippen LogP) is 3.83. The first-order chi connectivity index (χ1) is 9.78. The molecule has 1 aliphatic heterocycles. The Morgan fingerprint density at radius 3 is 2.95 bits per heavy atom. The molecular formula is C16H27N3S. The normalized spacial score (nSPS) is 28.2. The minimum atomic E-state index is 0.372. The maximum Gasteiger partial charge on any atom is 0.185 e. The zero-order valence-electron chi connectivity index (χ0n) is 12.8. The molecule has 0 amide bonds. The van der Waals surface area contributed by atoms with Crippen molar-refractivity contribution in [2.45, 2.75) is 52.0 Å². The first-order valence-electron chi connectivity index (χ1n) is 8.21. The van der Waals surface area contributed by atoms with Crippen molar-refractivity contribution in [3.05, 3.63) is 11.1 Å². The van der Waals surface area contributed by atoms with Crippen LogP contribution in [0, 0.1) is 11.8 Å². The fourth-order valence-corrected chi connectivity index (χ4v) is 4.76. The number of thiazole rings is 1. The summed E-state index contributed by atoms with van der Waals surface area (Å²) in [6.45, 7) is 7.81. The van der Waals surface area contributed by atoms with E-state index in [9.17, 15) is 0 Å². The second kappa shape index (κ2) is 6.44. The van der Waals surface area contributed by atoms with Crippen LogP contribution in [-0.4, -0.2) is 24.6 Å². The molecular weight excluding hydrogens is 266 g/mol. The summed E-state index contributed by atoms with van der Waals surface area (Å²) in [5.41, 5.74) is 1.21. The van der Waals surface area contributed by atoms with Crippen molar-refractivity contribution >= 4 is 16.5 Å². The number of piperidine rings is 1. The molecule has 112 valence electrons. The predicted molar refractivity (Wildman–Crippen MR) is 86.5 cm³/mol. The lowest BCUT2D eigenvalue weighted by Gasteiger charge is -2.41. The maximum absolute atomic E-state index is 4.87. The van der Waals surface area contributed by atoms with Crippen molar-refractivity contribution in [3.8, 4) is 0 Å². The van der Waals surface area contributed by atoms with Crippen LogP contribution in [0.25, 0.3) is 0 Å². The van der Waals surface area contributed by atoms with E-state index in [1.165, 1.54) is 56.0 Å². The van der Waals surface area contributed by atoms with Crippen LogP contribution in [0.3, 0.4) is 0 Å². The van der Waals surface area contributed by atoms with Crippen LogP contribution in [0.4, 0.5) is 5.13 Å². The number of hydrogen-bond acceptors (Lipinski definition) is 4. The Kier molecular flexibility index (Phi) is 4.61. The second-order valence-electron chi connectivity index (χ2n) is 6.37. The summed E-state index contributed by atoms with van der Waals surface area (Å²) in [5.74, 6) is 1.93. The zero-order valence-corrected chi connectivity index (χ0v) is 13.6. The van der Waals surface area contributed by atoms with Gasteiger partial charge in [-0.15, -0.1) is 11.3 Å². The molecule has 3 atom stereocenters. The van der Waals surface area contributed by atoms with Gasteiger partial charge in [0.2, 0.25) is 0 Å². The Balaban J connectivity index is 1.64. The van der Waals surface area contributed by atoms with Crippen LogP contribution >= 0.6 is 11.3 Å². The zero-order chi connectivity index (χ0) is 13.9. The lowest BCUT2D eigenvalue weighted by molar-refractivity contribution is 0.202. The Hall–Kier alpha value is -0.610. The molecule has 4 heteroatoms. The molecule has 0 spiro atoms. The Bertz CT molecular complexity index is 431. The molecule has 1 saturated carbocycles. The van der Waals surface area contributed by atoms with Crippen molar-refractivity contribution in [1.29, 1.82) is 0 Å². The Morgan fingerprint density at radius 1 is 1.35 bits per heavy atom. The van der Waals surface area contributed by atoms with E-state index in [-0.39, 0.29) is 0 Å². The summed E-state index contributed by atoms with van der Waals surface area (Å²) < 4.78 is 0. The third kappa shape index (κ3) is 3.01. The molecule has 1 aromatic rings. The van der Waals surface area contributed by atoms with E-state index in [1.807, 2.05) is 11.3 Å². The van der Waals surface area contributed by atoms with Gasteiger partial charge in [-0.1, -0.05) is 26.2 Å². The molecule has 3 nitrogen and oxygen atoms in total. The van der Waals surface area contributed by atoms with E-state index in [2.05, 4.69) is 29.4 Å². The van der Waals surface area contributed by atoms with Gasteiger partial charge in [0.05, 0.1) is 5.69 Å². The van der Waals surface area contributed by atoms with E-state index in [0.29, 0.717) is 6.04 Å². The van der Waals surface area contributed by atoms with Crippen LogP contribution in [0.2, 0.25) is 0 Å².